The predicted octanol–water partition coefficient (Wildman–Crippen LogP) is 6.07. The van der Waals surface area contributed by atoms with Crippen LogP contribution < -0.4 is 9.47 Å². The van der Waals surface area contributed by atoms with E-state index in [-0.39, 0.29) is 12.3 Å². The smallest absolute Gasteiger partial charge is 0.323 e. The van der Waals surface area contributed by atoms with Gasteiger partial charge < -0.3 is 23.6 Å². The lowest BCUT2D eigenvalue weighted by molar-refractivity contribution is -0.137. The maximum Gasteiger partial charge on any atom is 0.323 e. The minimum Gasteiger partial charge on any atom is -0.494 e. The molecule has 0 amide bonds. The van der Waals surface area contributed by atoms with Crippen LogP contribution in [0.25, 0.3) is 32.8 Å². The lowest BCUT2D eigenvalue weighted by Crippen LogP contribution is -2.08. The number of unbranched alkanes of at least 4 members (excludes halogenated alkanes) is 1. The second-order valence-electron chi connectivity index (χ2n) is 8.42. The fraction of sp³-hybridized carbons (Fsp3) is 0.214. The predicted molar refractivity (Wildman–Crippen MR) is 134 cm³/mol. The van der Waals surface area contributed by atoms with Crippen LogP contribution in [0.2, 0.25) is 0 Å². The summed E-state index contributed by atoms with van der Waals surface area (Å²) in [5.74, 6) is 0.633. The number of Topliss-reactive ketones (excluding diaryl/α,β-unsaturated/α-hetero) is 1. The Morgan fingerprint density at radius 2 is 1.66 bits per heavy atom. The summed E-state index contributed by atoms with van der Waals surface area (Å²) < 4.78 is 19.3. The molecule has 0 aliphatic rings. The quantitative estimate of drug-likeness (QED) is 0.196. The van der Waals surface area contributed by atoms with Crippen LogP contribution in [0.3, 0.4) is 0 Å². The maximum atomic E-state index is 11.6. The number of ether oxygens (including phenoxy) is 2. The number of aliphatic carboxylic acids is 1. The van der Waals surface area contributed by atoms with Crippen molar-refractivity contribution in [2.45, 2.75) is 26.3 Å². The summed E-state index contributed by atoms with van der Waals surface area (Å²) in [4.78, 5) is 23.0. The first kappa shape index (κ1) is 22.5. The molecule has 7 nitrogen and oxygen atoms in total. The van der Waals surface area contributed by atoms with Crippen LogP contribution in [0.4, 0.5) is 0 Å². The number of ketones is 1. The Morgan fingerprint density at radius 1 is 0.886 bits per heavy atom. The van der Waals surface area contributed by atoms with E-state index in [0.717, 1.165) is 40.0 Å². The monoisotopic (exact) mass is 471 g/mol. The van der Waals surface area contributed by atoms with Gasteiger partial charge in [-0.15, -0.1) is 0 Å². The fourth-order valence-electron chi connectivity index (χ4n) is 4.32. The van der Waals surface area contributed by atoms with E-state index in [0.29, 0.717) is 36.1 Å². The summed E-state index contributed by atoms with van der Waals surface area (Å²) >= 11 is 0. The molecule has 7 heteroatoms. The molecule has 178 valence electrons. The molecule has 0 atom stereocenters. The summed E-state index contributed by atoms with van der Waals surface area (Å²) in [6.07, 6.45) is 1.56. The Labute approximate surface area is 201 Å². The van der Waals surface area contributed by atoms with Crippen LogP contribution in [0, 0.1) is 0 Å². The number of carbonyl (C=O) groups is 2. The number of nitrogens with zero attached hydrogens (tertiary/aromatic N) is 1. The van der Waals surface area contributed by atoms with Gasteiger partial charge in [-0.1, -0.05) is 30.3 Å². The number of aromatic nitrogens is 1. The first-order valence-corrected chi connectivity index (χ1v) is 11.5. The molecule has 0 aliphatic heterocycles. The third kappa shape index (κ3) is 4.57. The molecular weight excluding hydrogens is 446 g/mol. The van der Waals surface area contributed by atoms with Gasteiger partial charge in [-0.05, 0) is 43.2 Å². The molecule has 2 heterocycles. The van der Waals surface area contributed by atoms with Crippen molar-refractivity contribution < 1.29 is 28.6 Å². The van der Waals surface area contributed by atoms with Crippen molar-refractivity contribution in [3.05, 3.63) is 72.5 Å². The first-order valence-electron chi connectivity index (χ1n) is 11.5. The van der Waals surface area contributed by atoms with Crippen LogP contribution in [0.1, 0.15) is 30.3 Å². The largest absolute Gasteiger partial charge is 0.494 e. The lowest BCUT2D eigenvalue weighted by atomic mass is 10.1. The molecule has 0 radical (unpaired) electrons. The number of rotatable bonds is 10. The number of carboxylic acids is 1. The van der Waals surface area contributed by atoms with E-state index in [2.05, 4.69) is 0 Å². The lowest BCUT2D eigenvalue weighted by Gasteiger charge is -2.09. The minimum absolute atomic E-state index is 0.110. The van der Waals surface area contributed by atoms with Gasteiger partial charge in [0.1, 0.15) is 12.3 Å². The van der Waals surface area contributed by atoms with E-state index in [4.69, 9.17) is 13.9 Å². The van der Waals surface area contributed by atoms with E-state index in [1.807, 2.05) is 60.7 Å². The van der Waals surface area contributed by atoms with Gasteiger partial charge in [0.2, 0.25) is 0 Å². The van der Waals surface area contributed by atoms with Crippen LogP contribution >= 0.6 is 0 Å². The number of hydrogen-bond donors (Lipinski definition) is 1. The number of para-hydroxylation sites is 2. The Morgan fingerprint density at radius 3 is 2.46 bits per heavy atom. The number of carbonyl (C=O) groups excluding carboxylic acids is 1. The number of carboxylic acid groups (broad SMARTS) is 1. The van der Waals surface area contributed by atoms with E-state index < -0.39 is 5.97 Å². The standard InChI is InChI=1S/C28H25NO6/c1-18(30)26-15-19-7-6-10-25(28(19)35-26)34-14-5-4-13-33-20-11-12-22-21-8-2-3-9-23(21)29(17-27(31)32)24(22)16-20/h2-3,6-12,15-16H,4-5,13-14,17H2,1H3,(H,31,32). The third-order valence-electron chi connectivity index (χ3n) is 5.96. The SMILES string of the molecule is CC(=O)c1cc2cccc(OCCCCOc3ccc4c5ccccc5n(CC(=O)O)c4c3)c2o1. The summed E-state index contributed by atoms with van der Waals surface area (Å²) in [5, 5.41) is 12.2. The summed E-state index contributed by atoms with van der Waals surface area (Å²) in [6.45, 7) is 2.36. The molecule has 0 unspecified atom stereocenters. The topological polar surface area (TPSA) is 90.9 Å². The molecule has 35 heavy (non-hydrogen) atoms. The van der Waals surface area contributed by atoms with Crippen molar-refractivity contribution in [1.29, 1.82) is 0 Å². The summed E-state index contributed by atoms with van der Waals surface area (Å²) in [7, 11) is 0. The number of benzene rings is 3. The second-order valence-corrected chi connectivity index (χ2v) is 8.42. The van der Waals surface area contributed by atoms with Crippen molar-refractivity contribution >= 4 is 44.5 Å². The highest BCUT2D eigenvalue weighted by atomic mass is 16.5. The van der Waals surface area contributed by atoms with Crippen molar-refractivity contribution in [1.82, 2.24) is 4.57 Å². The van der Waals surface area contributed by atoms with Gasteiger partial charge in [-0.2, -0.15) is 0 Å². The molecule has 1 N–H and O–H groups in total. The van der Waals surface area contributed by atoms with Crippen LogP contribution in [0.15, 0.2) is 71.1 Å². The van der Waals surface area contributed by atoms with Gasteiger partial charge in [-0.3, -0.25) is 9.59 Å². The molecule has 0 spiro atoms. The van der Waals surface area contributed by atoms with Gasteiger partial charge >= 0.3 is 5.97 Å². The van der Waals surface area contributed by atoms with Gasteiger partial charge in [-0.25, -0.2) is 0 Å². The Balaban J connectivity index is 1.20. The number of hydrogen-bond acceptors (Lipinski definition) is 5. The van der Waals surface area contributed by atoms with E-state index >= 15 is 0 Å². The van der Waals surface area contributed by atoms with Crippen LogP contribution in [-0.2, 0) is 11.3 Å². The highest BCUT2D eigenvalue weighted by molar-refractivity contribution is 6.08. The molecule has 5 rings (SSSR count). The molecule has 0 aliphatic carbocycles. The molecule has 0 bridgehead atoms. The zero-order chi connectivity index (χ0) is 24.4. The molecule has 0 saturated heterocycles. The zero-order valence-electron chi connectivity index (χ0n) is 19.3. The van der Waals surface area contributed by atoms with Crippen molar-refractivity contribution in [3.8, 4) is 11.5 Å². The van der Waals surface area contributed by atoms with Gasteiger partial charge in [0.25, 0.3) is 0 Å². The van der Waals surface area contributed by atoms with Gasteiger partial charge in [0.15, 0.2) is 22.9 Å². The minimum atomic E-state index is -0.887. The molecule has 2 aromatic heterocycles. The second kappa shape index (κ2) is 9.54. The Hall–Kier alpha value is -4.26. The average Bonchev–Trinajstić information content (AvgIpc) is 3.42. The Kier molecular flexibility index (Phi) is 6.14. The number of fused-ring (bicyclic) bond motifs is 4. The highest BCUT2D eigenvalue weighted by Gasteiger charge is 2.14. The van der Waals surface area contributed by atoms with Crippen LogP contribution in [0.5, 0.6) is 11.5 Å². The first-order chi connectivity index (χ1) is 17.0. The molecule has 3 aromatic carbocycles. The van der Waals surface area contributed by atoms with Crippen LogP contribution in [-0.4, -0.2) is 34.6 Å². The third-order valence-corrected chi connectivity index (χ3v) is 5.96. The van der Waals surface area contributed by atoms with Gasteiger partial charge in [0.05, 0.1) is 18.7 Å². The average molecular weight is 472 g/mol. The summed E-state index contributed by atoms with van der Waals surface area (Å²) in [6, 6.07) is 20.9. The van der Waals surface area contributed by atoms with Crippen molar-refractivity contribution in [2.75, 3.05) is 13.2 Å². The van der Waals surface area contributed by atoms with Gasteiger partial charge in [0, 0.05) is 34.7 Å². The van der Waals surface area contributed by atoms with E-state index in [1.165, 1.54) is 6.92 Å². The summed E-state index contributed by atoms with van der Waals surface area (Å²) in [5.41, 5.74) is 2.31. The maximum absolute atomic E-state index is 11.6. The normalized spacial score (nSPS) is 11.3. The fourth-order valence-corrected chi connectivity index (χ4v) is 4.32. The van der Waals surface area contributed by atoms with E-state index in [9.17, 15) is 14.7 Å². The van der Waals surface area contributed by atoms with Crippen molar-refractivity contribution in [2.24, 2.45) is 0 Å². The Bertz CT molecular complexity index is 1540. The molecule has 5 aromatic rings. The highest BCUT2D eigenvalue weighted by Crippen LogP contribution is 2.32. The molecular formula is C28H25NO6. The molecule has 0 fully saturated rings. The zero-order valence-corrected chi connectivity index (χ0v) is 19.3. The van der Waals surface area contributed by atoms with Crippen molar-refractivity contribution in [3.63, 3.8) is 0 Å². The van der Waals surface area contributed by atoms with E-state index in [1.54, 1.807) is 10.6 Å². The molecule has 0 saturated carbocycles. The number of furan rings is 1.